The van der Waals surface area contributed by atoms with Gasteiger partial charge in [0.15, 0.2) is 5.11 Å². The van der Waals surface area contributed by atoms with Crippen LogP contribution in [0.4, 0.5) is 5.69 Å². The molecular weight excluding hydrogens is 352 g/mol. The fourth-order valence-corrected chi connectivity index (χ4v) is 4.07. The van der Waals surface area contributed by atoms with Gasteiger partial charge in [-0.1, -0.05) is 87.0 Å². The van der Waals surface area contributed by atoms with E-state index < -0.39 is 0 Å². The van der Waals surface area contributed by atoms with Crippen LogP contribution in [0.2, 0.25) is 0 Å². The average Bonchev–Trinajstić information content (AvgIpc) is 2.81. The summed E-state index contributed by atoms with van der Waals surface area (Å²) in [4.78, 5) is 5.29. The van der Waals surface area contributed by atoms with Gasteiger partial charge in [-0.25, -0.2) is 0 Å². The van der Waals surface area contributed by atoms with Crippen LogP contribution in [0.1, 0.15) is 32.6 Å². The van der Waals surface area contributed by atoms with Gasteiger partial charge in [-0.15, -0.1) is 0 Å². The minimum atomic E-state index is 0.641. The van der Waals surface area contributed by atoms with Gasteiger partial charge >= 0.3 is 0 Å². The molecule has 5 heteroatoms. The molecule has 2 aromatic carbocycles. The van der Waals surface area contributed by atoms with E-state index in [1.165, 1.54) is 24.6 Å². The van der Waals surface area contributed by atoms with Crippen molar-refractivity contribution in [1.29, 1.82) is 0 Å². The van der Waals surface area contributed by atoms with Crippen molar-refractivity contribution >= 4 is 68.2 Å². The second kappa shape index (κ2) is 7.64. The van der Waals surface area contributed by atoms with Gasteiger partial charge in [0.25, 0.3) is 0 Å². The van der Waals surface area contributed by atoms with E-state index in [-0.39, 0.29) is 0 Å². The SMILES string of the molecule is CCCCCCN1C(=S)C(=S)N(c2cccc3ccccc23)C1=S. The molecule has 0 unspecified atom stereocenters. The Balaban J connectivity index is 1.89. The van der Waals surface area contributed by atoms with Crippen molar-refractivity contribution in [2.75, 3.05) is 11.4 Å². The molecule has 1 aliphatic heterocycles. The first-order valence-corrected chi connectivity index (χ1v) is 9.55. The molecular formula is C19H20N2S3. The molecule has 1 heterocycles. The largest absolute Gasteiger partial charge is 0.307 e. The lowest BCUT2D eigenvalue weighted by molar-refractivity contribution is 0.558. The van der Waals surface area contributed by atoms with Crippen LogP contribution in [-0.4, -0.2) is 26.5 Å². The van der Waals surface area contributed by atoms with Gasteiger partial charge in [-0.05, 0) is 30.1 Å². The third-order valence-electron chi connectivity index (χ3n) is 4.30. The Labute approximate surface area is 159 Å². The minimum absolute atomic E-state index is 0.641. The molecule has 2 nitrogen and oxygen atoms in total. The summed E-state index contributed by atoms with van der Waals surface area (Å²) in [6, 6.07) is 14.5. The third-order valence-corrected chi connectivity index (χ3v) is 5.62. The Kier molecular flexibility index (Phi) is 5.54. The van der Waals surface area contributed by atoms with Gasteiger partial charge in [0.1, 0.15) is 9.98 Å². The summed E-state index contributed by atoms with van der Waals surface area (Å²) in [7, 11) is 0. The standard InChI is InChI=1S/C19H20N2S3/c1-2-3-4-7-13-20-17(22)18(23)21(19(20)24)16-12-8-10-14-9-5-6-11-15(14)16/h5-6,8-12H,2-4,7,13H2,1H3. The van der Waals surface area contributed by atoms with E-state index in [1.54, 1.807) is 0 Å². The topological polar surface area (TPSA) is 6.48 Å². The predicted molar refractivity (Wildman–Crippen MR) is 115 cm³/mol. The van der Waals surface area contributed by atoms with Gasteiger partial charge in [-0.2, -0.15) is 0 Å². The quantitative estimate of drug-likeness (QED) is 0.488. The number of unbranched alkanes of at least 4 members (excludes halogenated alkanes) is 3. The molecule has 0 saturated carbocycles. The van der Waals surface area contributed by atoms with Gasteiger partial charge in [0.05, 0.1) is 5.69 Å². The van der Waals surface area contributed by atoms with Crippen LogP contribution in [0.3, 0.4) is 0 Å². The Morgan fingerprint density at radius 1 is 0.833 bits per heavy atom. The van der Waals surface area contributed by atoms with E-state index in [2.05, 4.69) is 31.2 Å². The van der Waals surface area contributed by atoms with Crippen LogP contribution in [0.25, 0.3) is 10.8 Å². The Hall–Kier alpha value is -1.43. The van der Waals surface area contributed by atoms with Crippen LogP contribution < -0.4 is 4.90 Å². The molecule has 0 spiro atoms. The molecule has 0 N–H and O–H groups in total. The molecule has 0 radical (unpaired) electrons. The number of rotatable bonds is 6. The van der Waals surface area contributed by atoms with Crippen LogP contribution >= 0.6 is 36.7 Å². The highest BCUT2D eigenvalue weighted by Crippen LogP contribution is 2.31. The lowest BCUT2D eigenvalue weighted by Gasteiger charge is -2.21. The van der Waals surface area contributed by atoms with Crippen molar-refractivity contribution in [3.8, 4) is 0 Å². The first kappa shape index (κ1) is 17.4. The molecule has 0 bridgehead atoms. The Morgan fingerprint density at radius 2 is 1.58 bits per heavy atom. The fourth-order valence-electron chi connectivity index (χ4n) is 3.02. The number of hydrogen-bond acceptors (Lipinski definition) is 3. The molecule has 3 rings (SSSR count). The first-order valence-electron chi connectivity index (χ1n) is 8.33. The summed E-state index contributed by atoms with van der Waals surface area (Å²) in [5.41, 5.74) is 1.02. The summed E-state index contributed by atoms with van der Waals surface area (Å²) in [6.45, 7) is 3.06. The summed E-state index contributed by atoms with van der Waals surface area (Å²) in [6.07, 6.45) is 4.74. The minimum Gasteiger partial charge on any atom is -0.307 e. The molecule has 0 aliphatic carbocycles. The maximum absolute atomic E-state index is 5.72. The molecule has 124 valence electrons. The lowest BCUT2D eigenvalue weighted by atomic mass is 10.1. The lowest BCUT2D eigenvalue weighted by Crippen LogP contribution is -2.33. The zero-order valence-corrected chi connectivity index (χ0v) is 16.1. The van der Waals surface area contributed by atoms with Gasteiger partial charge in [0.2, 0.25) is 0 Å². The summed E-state index contributed by atoms with van der Waals surface area (Å²) < 4.78 is 0. The maximum atomic E-state index is 5.72. The zero-order chi connectivity index (χ0) is 17.1. The molecule has 24 heavy (non-hydrogen) atoms. The van der Waals surface area contributed by atoms with E-state index in [1.807, 2.05) is 28.0 Å². The highest BCUT2D eigenvalue weighted by atomic mass is 32.1. The normalized spacial score (nSPS) is 15.0. The highest BCUT2D eigenvalue weighted by Gasteiger charge is 2.36. The van der Waals surface area contributed by atoms with E-state index in [0.717, 1.165) is 24.0 Å². The molecule has 2 aromatic rings. The number of anilines is 1. The Morgan fingerprint density at radius 3 is 2.38 bits per heavy atom. The van der Waals surface area contributed by atoms with Crippen LogP contribution in [0.5, 0.6) is 0 Å². The van der Waals surface area contributed by atoms with E-state index in [0.29, 0.717) is 15.1 Å². The van der Waals surface area contributed by atoms with Crippen molar-refractivity contribution in [3.63, 3.8) is 0 Å². The number of hydrogen-bond donors (Lipinski definition) is 0. The number of thiocarbonyl (C=S) groups is 3. The second-order valence-electron chi connectivity index (χ2n) is 5.94. The van der Waals surface area contributed by atoms with Crippen LogP contribution in [-0.2, 0) is 0 Å². The number of nitrogens with zero attached hydrogens (tertiary/aromatic N) is 2. The third kappa shape index (κ3) is 3.21. The zero-order valence-electron chi connectivity index (χ0n) is 13.7. The van der Waals surface area contributed by atoms with Crippen molar-refractivity contribution in [2.24, 2.45) is 0 Å². The van der Waals surface area contributed by atoms with E-state index >= 15 is 0 Å². The van der Waals surface area contributed by atoms with Gasteiger partial charge in [-0.3, -0.25) is 4.90 Å². The van der Waals surface area contributed by atoms with Crippen molar-refractivity contribution in [1.82, 2.24) is 4.90 Å². The fraction of sp³-hybridized carbons (Fsp3) is 0.316. The molecule has 1 fully saturated rings. The van der Waals surface area contributed by atoms with Crippen LogP contribution in [0, 0.1) is 0 Å². The van der Waals surface area contributed by atoms with Crippen molar-refractivity contribution in [2.45, 2.75) is 32.6 Å². The van der Waals surface area contributed by atoms with Crippen LogP contribution in [0.15, 0.2) is 42.5 Å². The summed E-state index contributed by atoms with van der Waals surface area (Å²) in [5.74, 6) is 0. The molecule has 0 aromatic heterocycles. The average molecular weight is 373 g/mol. The van der Waals surface area contributed by atoms with E-state index in [9.17, 15) is 0 Å². The Bertz CT molecular complexity index is 795. The maximum Gasteiger partial charge on any atom is 0.186 e. The van der Waals surface area contributed by atoms with Crippen molar-refractivity contribution in [3.05, 3.63) is 42.5 Å². The molecule has 0 amide bonds. The monoisotopic (exact) mass is 372 g/mol. The second-order valence-corrected chi connectivity index (χ2v) is 7.08. The van der Waals surface area contributed by atoms with Crippen molar-refractivity contribution < 1.29 is 0 Å². The molecule has 1 saturated heterocycles. The predicted octanol–water partition coefficient (Wildman–Crippen LogP) is 5.48. The summed E-state index contributed by atoms with van der Waals surface area (Å²) >= 11 is 16.9. The highest BCUT2D eigenvalue weighted by molar-refractivity contribution is 7.90. The molecule has 0 atom stereocenters. The molecule has 1 aliphatic rings. The van der Waals surface area contributed by atoms with Gasteiger partial charge < -0.3 is 4.90 Å². The first-order chi connectivity index (χ1) is 11.6. The van der Waals surface area contributed by atoms with Gasteiger partial charge in [0, 0.05) is 11.9 Å². The number of fused-ring (bicyclic) bond motifs is 1. The summed E-state index contributed by atoms with van der Waals surface area (Å²) in [5, 5.41) is 3.02. The number of benzene rings is 2. The smallest absolute Gasteiger partial charge is 0.186 e. The van der Waals surface area contributed by atoms with E-state index in [4.69, 9.17) is 36.7 Å².